The predicted molar refractivity (Wildman–Crippen MR) is 204 cm³/mol. The van der Waals surface area contributed by atoms with E-state index in [0.717, 1.165) is 41.3 Å². The molecule has 0 saturated carbocycles. The van der Waals surface area contributed by atoms with Gasteiger partial charge in [-0.05, 0) is 89.4 Å². The van der Waals surface area contributed by atoms with Crippen LogP contribution in [0.2, 0.25) is 0 Å². The molecule has 2 atom stereocenters. The second-order valence-electron chi connectivity index (χ2n) is 14.7. The Morgan fingerprint density at radius 1 is 0.755 bits per heavy atom. The van der Waals surface area contributed by atoms with Crippen molar-refractivity contribution in [2.75, 3.05) is 4.90 Å². The number of furan rings is 1. The van der Waals surface area contributed by atoms with Gasteiger partial charge < -0.3 is 9.32 Å². The molecule has 0 bridgehead atoms. The van der Waals surface area contributed by atoms with Crippen LogP contribution in [0.4, 0.5) is 11.4 Å². The number of benzene rings is 4. The maximum absolute atomic E-state index is 6.41. The van der Waals surface area contributed by atoms with Gasteiger partial charge in [0.2, 0.25) is 0 Å². The smallest absolute Gasteiger partial charge is 0.135 e. The van der Waals surface area contributed by atoms with Crippen LogP contribution >= 0.6 is 0 Å². The predicted octanol–water partition coefficient (Wildman–Crippen LogP) is 11.9. The van der Waals surface area contributed by atoms with Crippen molar-refractivity contribution < 1.29 is 4.42 Å². The molecule has 3 aliphatic rings. The van der Waals surface area contributed by atoms with E-state index in [4.69, 9.17) is 9.40 Å². The van der Waals surface area contributed by atoms with Crippen LogP contribution in [0.5, 0.6) is 0 Å². The van der Waals surface area contributed by atoms with Crippen molar-refractivity contribution >= 4 is 34.0 Å². The van der Waals surface area contributed by atoms with Crippen LogP contribution in [0.15, 0.2) is 138 Å². The first kappa shape index (κ1) is 29.7. The lowest BCUT2D eigenvalue weighted by Gasteiger charge is -2.42. The summed E-state index contributed by atoms with van der Waals surface area (Å²) >= 11 is 0. The molecule has 0 fully saturated rings. The first-order chi connectivity index (χ1) is 23.8. The molecule has 0 N–H and O–H groups in total. The van der Waals surface area contributed by atoms with E-state index in [0.29, 0.717) is 5.92 Å². The molecule has 0 radical (unpaired) electrons. The fourth-order valence-electron chi connectivity index (χ4n) is 8.32. The molecule has 240 valence electrons. The molecule has 9 rings (SSSR count). The van der Waals surface area contributed by atoms with Gasteiger partial charge >= 0.3 is 0 Å². The molecule has 2 heterocycles. The molecule has 2 unspecified atom stereocenters. The van der Waals surface area contributed by atoms with Gasteiger partial charge in [0.1, 0.15) is 11.3 Å². The van der Waals surface area contributed by atoms with Crippen LogP contribution in [0.1, 0.15) is 62.1 Å². The Morgan fingerprint density at radius 3 is 2.18 bits per heavy atom. The summed E-state index contributed by atoms with van der Waals surface area (Å²) in [6, 6.07) is 37.1. The number of hydrogen-bond donors (Lipinski definition) is 0. The number of rotatable bonds is 5. The van der Waals surface area contributed by atoms with Gasteiger partial charge in [0, 0.05) is 27.6 Å². The number of allylic oxidation sites excluding steroid dienone is 3. The maximum Gasteiger partial charge on any atom is 0.135 e. The molecule has 0 saturated heterocycles. The number of anilines is 2. The van der Waals surface area contributed by atoms with Crippen molar-refractivity contribution in [2.24, 2.45) is 5.92 Å². The highest BCUT2D eigenvalue weighted by Gasteiger charge is 2.41. The van der Waals surface area contributed by atoms with E-state index in [1.165, 1.54) is 49.9 Å². The molecule has 3 heteroatoms. The van der Waals surface area contributed by atoms with E-state index in [1.807, 2.05) is 0 Å². The van der Waals surface area contributed by atoms with Crippen molar-refractivity contribution in [1.82, 2.24) is 4.98 Å². The summed E-state index contributed by atoms with van der Waals surface area (Å²) in [6.07, 6.45) is 15.4. The van der Waals surface area contributed by atoms with Crippen LogP contribution in [0.3, 0.4) is 0 Å². The second-order valence-corrected chi connectivity index (χ2v) is 14.7. The zero-order valence-electron chi connectivity index (χ0n) is 28.6. The molecule has 0 amide bonds. The Balaban J connectivity index is 1.18. The minimum Gasteiger partial charge on any atom is -0.456 e. The van der Waals surface area contributed by atoms with Crippen LogP contribution < -0.4 is 4.90 Å². The van der Waals surface area contributed by atoms with Gasteiger partial charge in [-0.2, -0.15) is 0 Å². The van der Waals surface area contributed by atoms with Gasteiger partial charge in [0.15, 0.2) is 0 Å². The Morgan fingerprint density at radius 2 is 1.47 bits per heavy atom. The van der Waals surface area contributed by atoms with Crippen molar-refractivity contribution in [3.8, 4) is 22.4 Å². The molecule has 0 spiro atoms. The van der Waals surface area contributed by atoms with Gasteiger partial charge in [-0.15, -0.1) is 0 Å². The van der Waals surface area contributed by atoms with E-state index in [2.05, 4.69) is 172 Å². The summed E-state index contributed by atoms with van der Waals surface area (Å²) in [4.78, 5) is 7.84. The van der Waals surface area contributed by atoms with Gasteiger partial charge in [-0.1, -0.05) is 124 Å². The molecular weight excluding hydrogens is 597 g/mol. The van der Waals surface area contributed by atoms with E-state index in [-0.39, 0.29) is 11.0 Å². The van der Waals surface area contributed by atoms with Gasteiger partial charge in [0.25, 0.3) is 0 Å². The van der Waals surface area contributed by atoms with Crippen molar-refractivity contribution in [3.05, 3.63) is 162 Å². The number of hydrogen-bond acceptors (Lipinski definition) is 3. The van der Waals surface area contributed by atoms with E-state index >= 15 is 0 Å². The lowest BCUT2D eigenvalue weighted by molar-refractivity contribution is 0.569. The zero-order chi connectivity index (χ0) is 33.3. The standard InChI is InChI=1S/C46H40N2O/c1-30-15-21-40-37(27-30)42-41(49-40)22-20-38-43(42)44-39(45(38,2)3)28-36(29-47-44)48(35-18-16-33(17-19-35)31-11-7-5-8-12-31)46(4)25-23-34(24-26-46)32-13-9-6-10-14-32/h5-25,28-30H,26-27H2,1-4H3. The first-order valence-corrected chi connectivity index (χ1v) is 17.5. The summed E-state index contributed by atoms with van der Waals surface area (Å²) in [5.41, 5.74) is 13.8. The van der Waals surface area contributed by atoms with Gasteiger partial charge in [-0.25, -0.2) is 0 Å². The minimum atomic E-state index is -0.308. The topological polar surface area (TPSA) is 29.3 Å². The lowest BCUT2D eigenvalue weighted by Crippen LogP contribution is -2.42. The summed E-state index contributed by atoms with van der Waals surface area (Å²) in [5.74, 6) is 1.48. The van der Waals surface area contributed by atoms with Crippen LogP contribution in [-0.4, -0.2) is 10.5 Å². The Kier molecular flexibility index (Phi) is 6.71. The van der Waals surface area contributed by atoms with Crippen molar-refractivity contribution in [1.29, 1.82) is 0 Å². The monoisotopic (exact) mass is 636 g/mol. The molecule has 49 heavy (non-hydrogen) atoms. The third-order valence-corrected chi connectivity index (χ3v) is 11.0. The zero-order valence-corrected chi connectivity index (χ0v) is 28.6. The summed E-state index contributed by atoms with van der Waals surface area (Å²) in [5, 5.41) is 1.24. The second kappa shape index (κ2) is 11.1. The van der Waals surface area contributed by atoms with Crippen LogP contribution in [-0.2, 0) is 11.8 Å². The highest BCUT2D eigenvalue weighted by molar-refractivity contribution is 6.03. The van der Waals surface area contributed by atoms with Crippen LogP contribution in [0.25, 0.3) is 45.0 Å². The number of pyridine rings is 1. The fraction of sp³-hybridized carbons (Fsp3) is 0.196. The van der Waals surface area contributed by atoms with E-state index in [9.17, 15) is 0 Å². The number of nitrogens with zero attached hydrogens (tertiary/aromatic N) is 2. The highest BCUT2D eigenvalue weighted by atomic mass is 16.3. The average molecular weight is 637 g/mol. The molecule has 2 aromatic heterocycles. The maximum atomic E-state index is 6.41. The van der Waals surface area contributed by atoms with E-state index < -0.39 is 0 Å². The molecule has 3 aliphatic carbocycles. The summed E-state index contributed by atoms with van der Waals surface area (Å²) in [7, 11) is 0. The van der Waals surface area contributed by atoms with Gasteiger partial charge in [0.05, 0.1) is 23.1 Å². The Labute approximate surface area is 289 Å². The third-order valence-electron chi connectivity index (χ3n) is 11.0. The minimum absolute atomic E-state index is 0.214. The molecule has 3 nitrogen and oxygen atoms in total. The largest absolute Gasteiger partial charge is 0.456 e. The SMILES string of the molecule is CC1C=Cc2oc3ccc4c(c3c2C1)-c1ncc(N(c2ccc(-c3ccccc3)cc2)C2(C)C=CC(c3ccccc3)=CC2)cc1C4(C)C. The van der Waals surface area contributed by atoms with Crippen LogP contribution in [0, 0.1) is 5.92 Å². The molecule has 6 aromatic rings. The first-order valence-electron chi connectivity index (χ1n) is 17.5. The molecule has 0 aliphatic heterocycles. The molecular formula is C46H40N2O. The fourth-order valence-corrected chi connectivity index (χ4v) is 8.32. The quantitative estimate of drug-likeness (QED) is 0.189. The summed E-state index contributed by atoms with van der Waals surface area (Å²) in [6.45, 7) is 9.32. The highest BCUT2D eigenvalue weighted by Crippen LogP contribution is 2.54. The van der Waals surface area contributed by atoms with Crippen molar-refractivity contribution in [3.63, 3.8) is 0 Å². The third kappa shape index (κ3) is 4.75. The van der Waals surface area contributed by atoms with Crippen molar-refractivity contribution in [2.45, 2.75) is 51.5 Å². The number of aromatic nitrogens is 1. The van der Waals surface area contributed by atoms with E-state index in [1.54, 1.807) is 0 Å². The summed E-state index contributed by atoms with van der Waals surface area (Å²) < 4.78 is 6.41. The Hall–Kier alpha value is -5.41. The van der Waals surface area contributed by atoms with Gasteiger partial charge in [-0.3, -0.25) is 4.98 Å². The average Bonchev–Trinajstić information content (AvgIpc) is 3.61. The lowest BCUT2D eigenvalue weighted by atomic mass is 9.81. The Bertz CT molecular complexity index is 2320. The normalized spacial score (nSPS) is 20.1. The molecule has 4 aromatic carbocycles. The number of fused-ring (bicyclic) bond motifs is 7.